The summed E-state index contributed by atoms with van der Waals surface area (Å²) in [6.45, 7) is 1.06. The lowest BCUT2D eigenvalue weighted by molar-refractivity contribution is 0.621. The van der Waals surface area contributed by atoms with Crippen LogP contribution in [0.3, 0.4) is 0 Å². The number of halogens is 1. The van der Waals surface area contributed by atoms with Crippen LogP contribution in [0.4, 0.5) is 5.69 Å². The molecule has 1 atom stereocenters. The van der Waals surface area contributed by atoms with Gasteiger partial charge in [0, 0.05) is 23.9 Å². The van der Waals surface area contributed by atoms with Gasteiger partial charge >= 0.3 is 0 Å². The highest BCUT2D eigenvalue weighted by Gasteiger charge is 2.22. The van der Waals surface area contributed by atoms with E-state index in [1.807, 2.05) is 18.3 Å². The summed E-state index contributed by atoms with van der Waals surface area (Å²) >= 11 is 6.17. The monoisotopic (exact) mass is 275 g/mol. The van der Waals surface area contributed by atoms with Gasteiger partial charge in [-0.25, -0.2) is 0 Å². The number of hydrogen-bond acceptors (Lipinski definition) is 3. The average Bonchev–Trinajstić information content (AvgIpc) is 2.71. The average molecular weight is 276 g/mol. The topological polar surface area (TPSA) is 29.0 Å². The van der Waals surface area contributed by atoms with Crippen LogP contribution < -0.4 is 4.90 Å². The normalized spacial score (nSPS) is 20.5. The second-order valence-electron chi connectivity index (χ2n) is 5.10. The molecule has 3 rings (SSSR count). The van der Waals surface area contributed by atoms with Crippen molar-refractivity contribution in [1.82, 2.24) is 10.2 Å². The molecule has 2 aromatic rings. The predicted molar refractivity (Wildman–Crippen MR) is 79.9 cm³/mol. The fourth-order valence-corrected chi connectivity index (χ4v) is 3.20. The fraction of sp³-hybridized carbons (Fsp3) is 0.467. The maximum atomic E-state index is 6.17. The zero-order valence-electron chi connectivity index (χ0n) is 10.9. The Morgan fingerprint density at radius 3 is 3.00 bits per heavy atom. The number of anilines is 1. The van der Waals surface area contributed by atoms with E-state index in [-0.39, 0.29) is 0 Å². The lowest BCUT2D eigenvalue weighted by Crippen LogP contribution is -2.36. The Hall–Kier alpha value is -1.35. The highest BCUT2D eigenvalue weighted by atomic mass is 35.5. The summed E-state index contributed by atoms with van der Waals surface area (Å²) in [5.41, 5.74) is 2.13. The number of aromatic nitrogens is 2. The van der Waals surface area contributed by atoms with E-state index in [0.717, 1.165) is 12.1 Å². The second-order valence-corrected chi connectivity index (χ2v) is 5.41. The number of hydrogen-bond donors (Lipinski definition) is 0. The third kappa shape index (κ3) is 2.52. The molecule has 0 amide bonds. The van der Waals surface area contributed by atoms with Crippen molar-refractivity contribution in [3.05, 3.63) is 30.5 Å². The predicted octanol–water partition coefficient (Wildman–Crippen LogP) is 3.62. The molecule has 4 heteroatoms. The number of fused-ring (bicyclic) bond motifs is 1. The number of alkyl halides is 1. The molecule has 19 heavy (non-hydrogen) atoms. The second kappa shape index (κ2) is 5.74. The van der Waals surface area contributed by atoms with E-state index in [9.17, 15) is 0 Å². The minimum absolute atomic E-state index is 0.414. The molecule has 0 saturated carbocycles. The first-order chi connectivity index (χ1) is 9.40. The van der Waals surface area contributed by atoms with Gasteiger partial charge in [0.2, 0.25) is 0 Å². The van der Waals surface area contributed by atoms with Crippen LogP contribution in [0.1, 0.15) is 25.7 Å². The first-order valence-corrected chi connectivity index (χ1v) is 7.46. The fourth-order valence-electron chi connectivity index (χ4n) is 2.88. The first-order valence-electron chi connectivity index (χ1n) is 6.93. The molecule has 1 aliphatic rings. The Morgan fingerprint density at radius 2 is 2.11 bits per heavy atom. The standard InChI is InChI=1S/C15H18ClN3/c16-10-12-6-2-1-5-9-19(12)15-11-17-18-14-8-4-3-7-13(14)15/h3-4,7-8,11-12H,1-2,5-6,9-10H2. The quantitative estimate of drug-likeness (QED) is 0.784. The van der Waals surface area contributed by atoms with Crippen LogP contribution in [0.2, 0.25) is 0 Å². The maximum Gasteiger partial charge on any atom is 0.0950 e. The molecular weight excluding hydrogens is 258 g/mol. The van der Waals surface area contributed by atoms with Gasteiger partial charge in [0.05, 0.1) is 17.4 Å². The van der Waals surface area contributed by atoms with E-state index in [1.54, 1.807) is 0 Å². The minimum Gasteiger partial charge on any atom is -0.366 e. The summed E-state index contributed by atoms with van der Waals surface area (Å²) in [5, 5.41) is 9.53. The highest BCUT2D eigenvalue weighted by Crippen LogP contribution is 2.29. The van der Waals surface area contributed by atoms with Crippen molar-refractivity contribution in [3.63, 3.8) is 0 Å². The number of rotatable bonds is 2. The largest absolute Gasteiger partial charge is 0.366 e. The van der Waals surface area contributed by atoms with E-state index >= 15 is 0 Å². The molecule has 0 radical (unpaired) electrons. The Kier molecular flexibility index (Phi) is 3.83. The Morgan fingerprint density at radius 1 is 1.21 bits per heavy atom. The van der Waals surface area contributed by atoms with Gasteiger partial charge in [0.1, 0.15) is 0 Å². The molecule has 1 fully saturated rings. The van der Waals surface area contributed by atoms with Crippen molar-refractivity contribution in [2.45, 2.75) is 31.7 Å². The number of nitrogens with zero attached hydrogens (tertiary/aromatic N) is 3. The molecule has 0 N–H and O–H groups in total. The molecule has 0 aliphatic carbocycles. The summed E-state index contributed by atoms with van der Waals surface area (Å²) < 4.78 is 0. The lowest BCUT2D eigenvalue weighted by atomic mass is 10.1. The third-order valence-corrected chi connectivity index (χ3v) is 4.25. The van der Waals surface area contributed by atoms with Crippen molar-refractivity contribution in [2.24, 2.45) is 0 Å². The van der Waals surface area contributed by atoms with E-state index < -0.39 is 0 Å². The summed E-state index contributed by atoms with van der Waals surface area (Å²) in [6, 6.07) is 8.61. The molecular formula is C15H18ClN3. The van der Waals surface area contributed by atoms with Crippen molar-refractivity contribution in [1.29, 1.82) is 0 Å². The van der Waals surface area contributed by atoms with Crippen LogP contribution in [-0.2, 0) is 0 Å². The zero-order valence-corrected chi connectivity index (χ0v) is 11.7. The highest BCUT2D eigenvalue weighted by molar-refractivity contribution is 6.18. The van der Waals surface area contributed by atoms with Crippen molar-refractivity contribution >= 4 is 28.2 Å². The van der Waals surface area contributed by atoms with E-state index in [2.05, 4.69) is 27.2 Å². The molecule has 1 unspecified atom stereocenters. The molecule has 2 heterocycles. The van der Waals surface area contributed by atoms with Crippen LogP contribution in [0.15, 0.2) is 30.5 Å². The maximum absolute atomic E-state index is 6.17. The van der Waals surface area contributed by atoms with Crippen LogP contribution in [-0.4, -0.2) is 28.7 Å². The smallest absolute Gasteiger partial charge is 0.0950 e. The van der Waals surface area contributed by atoms with Gasteiger partial charge in [-0.2, -0.15) is 10.2 Å². The Bertz CT molecular complexity index is 553. The summed E-state index contributed by atoms with van der Waals surface area (Å²) in [4.78, 5) is 2.43. The molecule has 1 aromatic heterocycles. The molecule has 100 valence electrons. The van der Waals surface area contributed by atoms with Gasteiger partial charge < -0.3 is 4.90 Å². The molecule has 0 bridgehead atoms. The van der Waals surface area contributed by atoms with Gasteiger partial charge in [0.25, 0.3) is 0 Å². The van der Waals surface area contributed by atoms with E-state index in [0.29, 0.717) is 11.9 Å². The molecule has 1 aliphatic heterocycles. The molecule has 1 aromatic carbocycles. The van der Waals surface area contributed by atoms with Gasteiger partial charge in [-0.15, -0.1) is 11.6 Å². The van der Waals surface area contributed by atoms with Crippen LogP contribution in [0, 0.1) is 0 Å². The van der Waals surface area contributed by atoms with E-state index in [1.165, 1.54) is 36.8 Å². The van der Waals surface area contributed by atoms with Crippen molar-refractivity contribution < 1.29 is 0 Å². The SMILES string of the molecule is ClCC1CCCCCN1c1cnnc2ccccc12. The van der Waals surface area contributed by atoms with Crippen LogP contribution in [0.25, 0.3) is 10.9 Å². The van der Waals surface area contributed by atoms with Gasteiger partial charge in [0.15, 0.2) is 0 Å². The van der Waals surface area contributed by atoms with Gasteiger partial charge in [-0.3, -0.25) is 0 Å². The van der Waals surface area contributed by atoms with Gasteiger partial charge in [-0.1, -0.05) is 31.0 Å². The summed E-state index contributed by atoms with van der Waals surface area (Å²) in [7, 11) is 0. The van der Waals surface area contributed by atoms with E-state index in [4.69, 9.17) is 11.6 Å². The Balaban J connectivity index is 2.06. The summed E-state index contributed by atoms with van der Waals surface area (Å²) in [5.74, 6) is 0.677. The minimum atomic E-state index is 0.414. The third-order valence-electron chi connectivity index (χ3n) is 3.89. The molecule has 1 saturated heterocycles. The molecule has 0 spiro atoms. The summed E-state index contributed by atoms with van der Waals surface area (Å²) in [6.07, 6.45) is 6.84. The molecule has 3 nitrogen and oxygen atoms in total. The van der Waals surface area contributed by atoms with Crippen molar-refractivity contribution in [3.8, 4) is 0 Å². The van der Waals surface area contributed by atoms with Gasteiger partial charge in [-0.05, 0) is 18.9 Å². The first kappa shape index (κ1) is 12.7. The lowest BCUT2D eigenvalue weighted by Gasteiger charge is -2.31. The Labute approximate surface area is 118 Å². The van der Waals surface area contributed by atoms with Crippen molar-refractivity contribution in [2.75, 3.05) is 17.3 Å². The number of benzene rings is 1. The zero-order chi connectivity index (χ0) is 13.1. The van der Waals surface area contributed by atoms with Crippen LogP contribution in [0.5, 0.6) is 0 Å². The van der Waals surface area contributed by atoms with Crippen LogP contribution >= 0.6 is 11.6 Å².